The Balaban J connectivity index is 4.31. The minimum absolute atomic E-state index is 0.358. The molecule has 11 heavy (non-hydrogen) atoms. The lowest BCUT2D eigenvalue weighted by molar-refractivity contribution is -0.120. The fourth-order valence-electron chi connectivity index (χ4n) is 0.539. The van der Waals surface area contributed by atoms with Crippen molar-refractivity contribution in [2.75, 3.05) is 0 Å². The summed E-state index contributed by atoms with van der Waals surface area (Å²) in [5.41, 5.74) is 10.2. The van der Waals surface area contributed by atoms with E-state index < -0.39 is 17.7 Å². The number of nitrogens with two attached hydrogens (primary N) is 2. The Morgan fingerprint density at radius 2 is 1.82 bits per heavy atom. The molecule has 0 saturated carbocycles. The summed E-state index contributed by atoms with van der Waals surface area (Å²) in [6.07, 6.45) is 1.45. The van der Waals surface area contributed by atoms with Crippen LogP contribution in [0, 0.1) is 5.92 Å². The molecule has 0 aliphatic rings. The lowest BCUT2D eigenvalue weighted by atomic mass is 10.1. The molecule has 0 aliphatic carbocycles. The number of hydrogen-bond acceptors (Lipinski definition) is 2. The predicted octanol–water partition coefficient (Wildman–Crippen LogP) is -0.461. The molecule has 4 N–H and O–H groups in total. The Morgan fingerprint density at radius 1 is 1.36 bits per heavy atom. The van der Waals surface area contributed by atoms with Crippen molar-refractivity contribution in [3.63, 3.8) is 0 Å². The number of primary amides is 2. The van der Waals surface area contributed by atoms with Gasteiger partial charge in [-0.15, -0.1) is 0 Å². The van der Waals surface area contributed by atoms with Crippen LogP contribution in [0.25, 0.3) is 0 Å². The molecular weight excluding hydrogens is 144 g/mol. The predicted molar refractivity (Wildman–Crippen MR) is 41.3 cm³/mol. The molecule has 0 bridgehead atoms. The van der Waals surface area contributed by atoms with Gasteiger partial charge in [-0.05, 0) is 6.92 Å². The van der Waals surface area contributed by atoms with Crippen molar-refractivity contribution < 1.29 is 9.59 Å². The summed E-state index contributed by atoms with van der Waals surface area (Å²) in [7, 11) is 0. The van der Waals surface area contributed by atoms with E-state index in [1.165, 1.54) is 6.08 Å². The summed E-state index contributed by atoms with van der Waals surface area (Å²) < 4.78 is 0. The Kier molecular flexibility index (Phi) is 3.30. The van der Waals surface area contributed by atoms with Gasteiger partial charge in [0, 0.05) is 5.57 Å². The summed E-state index contributed by atoms with van der Waals surface area (Å²) in [6, 6.07) is 0. The van der Waals surface area contributed by atoms with E-state index in [1.54, 1.807) is 13.8 Å². The van der Waals surface area contributed by atoms with Crippen molar-refractivity contribution in [3.05, 3.63) is 11.6 Å². The van der Waals surface area contributed by atoms with E-state index in [0.717, 1.165) is 0 Å². The highest BCUT2D eigenvalue weighted by atomic mass is 16.1. The normalized spacial score (nSPS) is 14.2. The fraction of sp³-hybridized carbons (Fsp3) is 0.429. The van der Waals surface area contributed by atoms with Gasteiger partial charge in [-0.2, -0.15) is 0 Å². The Labute approximate surface area is 65.2 Å². The van der Waals surface area contributed by atoms with Gasteiger partial charge in [0.05, 0.1) is 5.92 Å². The zero-order chi connectivity index (χ0) is 9.02. The van der Waals surface area contributed by atoms with Gasteiger partial charge in [0.1, 0.15) is 0 Å². The third-order valence-corrected chi connectivity index (χ3v) is 1.34. The van der Waals surface area contributed by atoms with Gasteiger partial charge >= 0.3 is 0 Å². The Morgan fingerprint density at radius 3 is 2.09 bits per heavy atom. The van der Waals surface area contributed by atoms with Crippen LogP contribution in [0.3, 0.4) is 0 Å². The number of carbonyl (C=O) groups is 2. The van der Waals surface area contributed by atoms with Crippen LogP contribution in [0.4, 0.5) is 0 Å². The van der Waals surface area contributed by atoms with Gasteiger partial charge < -0.3 is 11.5 Å². The maximum absolute atomic E-state index is 10.5. The highest BCUT2D eigenvalue weighted by molar-refractivity contribution is 5.92. The average Bonchev–Trinajstić information content (AvgIpc) is 1.87. The van der Waals surface area contributed by atoms with E-state index in [0.29, 0.717) is 5.57 Å². The van der Waals surface area contributed by atoms with E-state index in [2.05, 4.69) is 0 Å². The van der Waals surface area contributed by atoms with Gasteiger partial charge in [-0.25, -0.2) is 0 Å². The van der Waals surface area contributed by atoms with E-state index >= 15 is 0 Å². The third-order valence-electron chi connectivity index (χ3n) is 1.34. The maximum Gasteiger partial charge on any atom is 0.244 e. The Bertz CT molecular complexity index is 208. The molecule has 4 heteroatoms. The monoisotopic (exact) mass is 156 g/mol. The molecular formula is C7H12N2O2. The number of carbonyl (C=O) groups excluding carboxylic acids is 2. The molecule has 0 aromatic heterocycles. The molecule has 0 aromatic rings. The molecule has 0 spiro atoms. The molecule has 0 radical (unpaired) electrons. The van der Waals surface area contributed by atoms with Gasteiger partial charge in [-0.3, -0.25) is 9.59 Å². The second-order valence-corrected chi connectivity index (χ2v) is 2.40. The number of rotatable bonds is 3. The first-order chi connectivity index (χ1) is 4.95. The third kappa shape index (κ3) is 3.40. The molecule has 0 aromatic carbocycles. The minimum atomic E-state index is -0.530. The topological polar surface area (TPSA) is 86.2 Å². The van der Waals surface area contributed by atoms with Crippen LogP contribution in [-0.4, -0.2) is 11.8 Å². The zero-order valence-electron chi connectivity index (χ0n) is 6.63. The molecule has 2 amide bonds. The van der Waals surface area contributed by atoms with Crippen molar-refractivity contribution in [1.82, 2.24) is 0 Å². The van der Waals surface area contributed by atoms with E-state index in [1.807, 2.05) is 0 Å². The largest absolute Gasteiger partial charge is 0.369 e. The molecule has 0 heterocycles. The maximum atomic E-state index is 10.5. The van der Waals surface area contributed by atoms with Crippen LogP contribution in [0.15, 0.2) is 11.6 Å². The summed E-state index contributed by atoms with van der Waals surface area (Å²) in [5, 5.41) is 0. The van der Waals surface area contributed by atoms with Crippen LogP contribution in [0.2, 0.25) is 0 Å². The first-order valence-electron chi connectivity index (χ1n) is 3.22. The molecule has 62 valence electrons. The smallest absolute Gasteiger partial charge is 0.244 e. The lowest BCUT2D eigenvalue weighted by Crippen LogP contribution is -2.20. The highest BCUT2D eigenvalue weighted by Gasteiger charge is 2.06. The highest BCUT2D eigenvalue weighted by Crippen LogP contribution is 2.00. The van der Waals surface area contributed by atoms with Crippen molar-refractivity contribution in [1.29, 1.82) is 0 Å². The van der Waals surface area contributed by atoms with Crippen molar-refractivity contribution in [3.8, 4) is 0 Å². The van der Waals surface area contributed by atoms with Crippen molar-refractivity contribution in [2.24, 2.45) is 17.4 Å². The average molecular weight is 156 g/mol. The number of amides is 2. The van der Waals surface area contributed by atoms with Gasteiger partial charge in [0.2, 0.25) is 11.8 Å². The fourth-order valence-corrected chi connectivity index (χ4v) is 0.539. The summed E-state index contributed by atoms with van der Waals surface area (Å²) >= 11 is 0. The number of hydrogen-bond donors (Lipinski definition) is 2. The quantitative estimate of drug-likeness (QED) is 0.542. The van der Waals surface area contributed by atoms with Gasteiger partial charge in [0.25, 0.3) is 0 Å². The SMILES string of the molecule is CC(=CC(C)C(N)=O)C(N)=O. The molecule has 0 saturated heterocycles. The molecule has 4 nitrogen and oxygen atoms in total. The van der Waals surface area contributed by atoms with Gasteiger partial charge in [-0.1, -0.05) is 13.0 Å². The summed E-state index contributed by atoms with van der Waals surface area (Å²) in [4.78, 5) is 20.9. The lowest BCUT2D eigenvalue weighted by Gasteiger charge is -2.00. The molecule has 0 fully saturated rings. The van der Waals surface area contributed by atoms with E-state index in [4.69, 9.17) is 11.5 Å². The van der Waals surface area contributed by atoms with Crippen LogP contribution in [0.1, 0.15) is 13.8 Å². The van der Waals surface area contributed by atoms with Gasteiger partial charge in [0.15, 0.2) is 0 Å². The summed E-state index contributed by atoms with van der Waals surface area (Å²) in [6.45, 7) is 3.15. The Hall–Kier alpha value is -1.32. The molecule has 0 aliphatic heterocycles. The standard InChI is InChI=1S/C7H12N2O2/c1-4(6(8)10)3-5(2)7(9)11/h3-4H,1-2H3,(H2,8,10)(H2,9,11). The zero-order valence-corrected chi connectivity index (χ0v) is 6.63. The van der Waals surface area contributed by atoms with Crippen LogP contribution >= 0.6 is 0 Å². The van der Waals surface area contributed by atoms with E-state index in [-0.39, 0.29) is 0 Å². The second kappa shape index (κ2) is 3.75. The van der Waals surface area contributed by atoms with Crippen molar-refractivity contribution >= 4 is 11.8 Å². The minimum Gasteiger partial charge on any atom is -0.369 e. The first kappa shape index (κ1) is 9.68. The second-order valence-electron chi connectivity index (χ2n) is 2.40. The molecule has 0 rings (SSSR count). The van der Waals surface area contributed by atoms with Crippen molar-refractivity contribution in [2.45, 2.75) is 13.8 Å². The van der Waals surface area contributed by atoms with Crippen LogP contribution < -0.4 is 11.5 Å². The first-order valence-corrected chi connectivity index (χ1v) is 3.22. The molecule has 1 atom stereocenters. The van der Waals surface area contributed by atoms with Crippen LogP contribution in [0.5, 0.6) is 0 Å². The van der Waals surface area contributed by atoms with E-state index in [9.17, 15) is 9.59 Å². The van der Waals surface area contributed by atoms with Crippen LogP contribution in [-0.2, 0) is 9.59 Å². The summed E-state index contributed by atoms with van der Waals surface area (Å²) in [5.74, 6) is -1.44. The molecule has 1 unspecified atom stereocenters.